The number of rotatable bonds is 7. The summed E-state index contributed by atoms with van der Waals surface area (Å²) in [5.74, 6) is 0. The van der Waals surface area contributed by atoms with E-state index in [1.807, 2.05) is 0 Å². The summed E-state index contributed by atoms with van der Waals surface area (Å²) in [5, 5.41) is 12.9. The van der Waals surface area contributed by atoms with Crippen LogP contribution in [0.1, 0.15) is 0 Å². The molecule has 64 heavy (non-hydrogen) atoms. The second kappa shape index (κ2) is 14.5. The van der Waals surface area contributed by atoms with E-state index in [9.17, 15) is 0 Å². The number of hydrogen-bond acceptors (Lipinski definition) is 0. The van der Waals surface area contributed by atoms with Crippen LogP contribution >= 0.6 is 0 Å². The SMILES string of the molecule is c1ccc(-n2c3cc(-n4c5ccccc5c5ccccc54)ccc3c3ccc(-n4c5ccccc5c5ccc([Si](c6ccccc6)(c6ccccc6)c6ccccc6)cc54)cc32)cc1. The van der Waals surface area contributed by atoms with Crippen molar-refractivity contribution in [3.63, 3.8) is 0 Å². The fourth-order valence-electron chi connectivity index (χ4n) is 10.9. The molecule has 0 bridgehead atoms. The molecule has 0 unspecified atom stereocenters. The molecule has 0 saturated carbocycles. The zero-order valence-corrected chi connectivity index (χ0v) is 36.0. The number of para-hydroxylation sites is 4. The van der Waals surface area contributed by atoms with Gasteiger partial charge in [-0.3, -0.25) is 0 Å². The van der Waals surface area contributed by atoms with Gasteiger partial charge in [-0.05, 0) is 81.4 Å². The maximum Gasteiger partial charge on any atom is 0.179 e. The molecule has 0 saturated heterocycles. The van der Waals surface area contributed by atoms with Crippen molar-refractivity contribution in [1.29, 1.82) is 0 Å². The second-order valence-electron chi connectivity index (χ2n) is 16.9. The molecule has 0 aliphatic carbocycles. The number of nitrogens with zero attached hydrogens (tertiary/aromatic N) is 3. The first-order chi connectivity index (χ1) is 31.8. The van der Waals surface area contributed by atoms with Crippen molar-refractivity contribution in [2.45, 2.75) is 0 Å². The second-order valence-corrected chi connectivity index (χ2v) is 20.7. The largest absolute Gasteiger partial charge is 0.309 e. The first-order valence-corrected chi connectivity index (χ1v) is 24.1. The molecule has 3 nitrogen and oxygen atoms in total. The molecule has 0 atom stereocenters. The fourth-order valence-corrected chi connectivity index (χ4v) is 15.6. The van der Waals surface area contributed by atoms with E-state index in [0.29, 0.717) is 0 Å². The summed E-state index contributed by atoms with van der Waals surface area (Å²) in [5.41, 5.74) is 10.5. The average molecular weight is 832 g/mol. The Morgan fingerprint density at radius 1 is 0.203 bits per heavy atom. The van der Waals surface area contributed by atoms with Crippen molar-refractivity contribution in [2.75, 3.05) is 0 Å². The van der Waals surface area contributed by atoms with Gasteiger partial charge < -0.3 is 13.7 Å². The zero-order valence-electron chi connectivity index (χ0n) is 35.0. The molecular formula is C60H41N3Si. The molecule has 0 aliphatic heterocycles. The molecule has 13 aromatic rings. The van der Waals surface area contributed by atoms with Crippen LogP contribution in [0.2, 0.25) is 0 Å². The standard InChI is InChI=1S/C60H41N3Si/c1-5-19-42(20-6-1)61-58-39-43(62-55-30-16-13-27-49(55)50-28-14-17-31-56(50)62)33-36-52(58)53-37-34-44(40-59(53)61)63-57-32-18-15-29-51(57)54-38-35-48(41-60(54)63)64(45-21-7-2-8-22-45,46-23-9-3-10-24-46)47-25-11-4-12-26-47/h1-41H. The van der Waals surface area contributed by atoms with E-state index in [0.717, 1.165) is 17.1 Å². The lowest BCUT2D eigenvalue weighted by Gasteiger charge is -2.34. The summed E-state index contributed by atoms with van der Waals surface area (Å²) in [6.07, 6.45) is 0. The monoisotopic (exact) mass is 831 g/mol. The minimum absolute atomic E-state index is 1.13. The third kappa shape index (κ3) is 5.33. The Kier molecular flexibility index (Phi) is 8.23. The summed E-state index contributed by atoms with van der Waals surface area (Å²) < 4.78 is 7.38. The van der Waals surface area contributed by atoms with Gasteiger partial charge in [0.1, 0.15) is 0 Å². The Bertz CT molecular complexity index is 3730. The topological polar surface area (TPSA) is 14.8 Å². The highest BCUT2D eigenvalue weighted by molar-refractivity contribution is 7.20. The van der Waals surface area contributed by atoms with E-state index in [1.165, 1.54) is 86.2 Å². The summed E-state index contributed by atoms with van der Waals surface area (Å²) in [6, 6.07) is 92.3. The van der Waals surface area contributed by atoms with Gasteiger partial charge in [0.25, 0.3) is 0 Å². The van der Waals surface area contributed by atoms with Gasteiger partial charge in [-0.15, -0.1) is 0 Å². The van der Waals surface area contributed by atoms with Crippen LogP contribution in [-0.2, 0) is 0 Å². The molecule has 4 heteroatoms. The predicted molar refractivity (Wildman–Crippen MR) is 273 cm³/mol. The van der Waals surface area contributed by atoms with E-state index in [2.05, 4.69) is 262 Å². The number of hydrogen-bond donors (Lipinski definition) is 0. The summed E-state index contributed by atoms with van der Waals surface area (Å²) >= 11 is 0. The maximum absolute atomic E-state index is 2.79. The van der Waals surface area contributed by atoms with Crippen molar-refractivity contribution in [3.8, 4) is 17.1 Å². The normalized spacial score (nSPS) is 12.1. The van der Waals surface area contributed by atoms with E-state index < -0.39 is 8.07 Å². The molecule has 300 valence electrons. The molecule has 0 spiro atoms. The third-order valence-corrected chi connectivity index (χ3v) is 18.3. The van der Waals surface area contributed by atoms with Crippen molar-refractivity contribution in [1.82, 2.24) is 13.7 Å². The summed E-state index contributed by atoms with van der Waals surface area (Å²) in [7, 11) is -2.79. The predicted octanol–water partition coefficient (Wildman–Crippen LogP) is 12.4. The highest BCUT2D eigenvalue weighted by Crippen LogP contribution is 2.39. The van der Waals surface area contributed by atoms with Gasteiger partial charge in [0.15, 0.2) is 8.07 Å². The lowest BCUT2D eigenvalue weighted by molar-refractivity contribution is 1.14. The van der Waals surface area contributed by atoms with Gasteiger partial charge >= 0.3 is 0 Å². The molecular weight excluding hydrogens is 791 g/mol. The average Bonchev–Trinajstić information content (AvgIpc) is 4.00. The molecule has 0 N–H and O–H groups in total. The number of benzene rings is 10. The molecule has 0 aliphatic rings. The molecule has 0 radical (unpaired) electrons. The summed E-state index contributed by atoms with van der Waals surface area (Å²) in [6.45, 7) is 0. The Balaban J connectivity index is 1.09. The molecule has 0 amide bonds. The number of fused-ring (bicyclic) bond motifs is 9. The van der Waals surface area contributed by atoms with Gasteiger partial charge in [-0.2, -0.15) is 0 Å². The molecule has 3 aromatic heterocycles. The Hall–Kier alpha value is -8.18. The zero-order chi connectivity index (χ0) is 42.2. The van der Waals surface area contributed by atoms with Crippen molar-refractivity contribution in [2.24, 2.45) is 0 Å². The molecule has 10 aromatic carbocycles. The minimum Gasteiger partial charge on any atom is -0.309 e. The van der Waals surface area contributed by atoms with Crippen LogP contribution in [0.5, 0.6) is 0 Å². The Labute approximate surface area is 372 Å². The number of aromatic nitrogens is 3. The van der Waals surface area contributed by atoms with E-state index in [4.69, 9.17) is 0 Å². The first-order valence-electron chi connectivity index (χ1n) is 22.1. The maximum atomic E-state index is 2.52. The van der Waals surface area contributed by atoms with Gasteiger partial charge in [0, 0.05) is 49.4 Å². The first kappa shape index (κ1) is 36.5. The van der Waals surface area contributed by atoms with Crippen LogP contribution < -0.4 is 20.7 Å². The van der Waals surface area contributed by atoms with Crippen LogP contribution in [0, 0.1) is 0 Å². The fraction of sp³-hybridized carbons (Fsp3) is 0. The van der Waals surface area contributed by atoms with Gasteiger partial charge in [-0.1, -0.05) is 188 Å². The van der Waals surface area contributed by atoms with Crippen LogP contribution in [0.4, 0.5) is 0 Å². The van der Waals surface area contributed by atoms with Crippen molar-refractivity contribution in [3.05, 3.63) is 249 Å². The van der Waals surface area contributed by atoms with Gasteiger partial charge in [0.2, 0.25) is 0 Å². The molecule has 13 rings (SSSR count). The van der Waals surface area contributed by atoms with Gasteiger partial charge in [0.05, 0.1) is 33.1 Å². The lowest BCUT2D eigenvalue weighted by Crippen LogP contribution is -2.74. The Morgan fingerprint density at radius 2 is 0.516 bits per heavy atom. The van der Waals surface area contributed by atoms with Crippen LogP contribution in [0.3, 0.4) is 0 Å². The highest BCUT2D eigenvalue weighted by Gasteiger charge is 2.41. The molecule has 0 fully saturated rings. The summed E-state index contributed by atoms with van der Waals surface area (Å²) in [4.78, 5) is 0. The molecule has 3 heterocycles. The van der Waals surface area contributed by atoms with Crippen LogP contribution in [0.15, 0.2) is 249 Å². The van der Waals surface area contributed by atoms with Crippen LogP contribution in [0.25, 0.3) is 82.5 Å². The van der Waals surface area contributed by atoms with E-state index in [-0.39, 0.29) is 0 Å². The minimum atomic E-state index is -2.79. The van der Waals surface area contributed by atoms with Gasteiger partial charge in [-0.25, -0.2) is 0 Å². The van der Waals surface area contributed by atoms with E-state index >= 15 is 0 Å². The van der Waals surface area contributed by atoms with Crippen molar-refractivity contribution < 1.29 is 0 Å². The smallest absolute Gasteiger partial charge is 0.179 e. The lowest BCUT2D eigenvalue weighted by atomic mass is 10.1. The van der Waals surface area contributed by atoms with E-state index in [1.54, 1.807) is 0 Å². The third-order valence-electron chi connectivity index (χ3n) is 13.6. The van der Waals surface area contributed by atoms with Crippen LogP contribution in [-0.4, -0.2) is 21.8 Å². The van der Waals surface area contributed by atoms with Crippen molar-refractivity contribution >= 4 is 94.2 Å². The Morgan fingerprint density at radius 3 is 0.953 bits per heavy atom. The highest BCUT2D eigenvalue weighted by atomic mass is 28.3. The quantitative estimate of drug-likeness (QED) is 0.112.